The summed E-state index contributed by atoms with van der Waals surface area (Å²) in [7, 11) is -4.33. The van der Waals surface area contributed by atoms with E-state index in [-0.39, 0.29) is 46.9 Å². The van der Waals surface area contributed by atoms with Gasteiger partial charge in [-0.25, -0.2) is 8.42 Å². The Kier molecular flexibility index (Phi) is 7.98. The molecule has 2 heterocycles. The number of piperidine rings is 1. The van der Waals surface area contributed by atoms with E-state index in [1.54, 1.807) is 12.3 Å². The normalized spacial score (nSPS) is 16.1. The number of aromatic nitrogens is 1. The Bertz CT molecular complexity index is 1360. The van der Waals surface area contributed by atoms with Crippen LogP contribution < -0.4 is 4.74 Å². The zero-order chi connectivity index (χ0) is 27.6. The molecular formula is C25H23ClF3N3O5S. The molecule has 0 bridgehead atoms. The van der Waals surface area contributed by atoms with Crippen LogP contribution >= 0.6 is 11.8 Å². The Labute approximate surface area is 222 Å². The summed E-state index contributed by atoms with van der Waals surface area (Å²) in [6.07, 6.45) is -3.06. The zero-order valence-electron chi connectivity index (χ0n) is 19.8. The molecule has 1 saturated heterocycles. The van der Waals surface area contributed by atoms with Gasteiger partial charge in [0, 0.05) is 37.6 Å². The van der Waals surface area contributed by atoms with Crippen LogP contribution in [0.2, 0.25) is 0 Å². The van der Waals surface area contributed by atoms with Gasteiger partial charge in [0.1, 0.15) is 11.5 Å². The highest BCUT2D eigenvalue weighted by atomic mass is 35.5. The number of alkyl halides is 3. The molecule has 3 aromatic rings. The summed E-state index contributed by atoms with van der Waals surface area (Å²) in [6, 6.07) is 14.6. The molecule has 1 aliphatic rings. The van der Waals surface area contributed by atoms with Gasteiger partial charge in [0.2, 0.25) is 0 Å². The van der Waals surface area contributed by atoms with Crippen LogP contribution in [-0.2, 0) is 27.4 Å². The molecule has 0 radical (unpaired) electrons. The number of hydrogen-bond donors (Lipinski definition) is 1. The van der Waals surface area contributed by atoms with Gasteiger partial charge >= 0.3 is 6.18 Å². The van der Waals surface area contributed by atoms with Crippen molar-refractivity contribution in [1.82, 2.24) is 14.5 Å². The lowest BCUT2D eigenvalue weighted by Gasteiger charge is -2.40. The SMILES string of the molecule is O=C(N(O)Cl)C1(S(=O)(=O)c2ccc(Oc3ccc(C(F)(F)F)cc3)cc2)CCN(Cc2ccccn2)CC1. The number of hydrogen-bond acceptors (Lipinski definition) is 7. The van der Waals surface area contributed by atoms with Crippen LogP contribution in [-0.4, -0.2) is 51.8 Å². The summed E-state index contributed by atoms with van der Waals surface area (Å²) in [5, 5.41) is 9.70. The zero-order valence-corrected chi connectivity index (χ0v) is 21.4. The first-order chi connectivity index (χ1) is 17.9. The second-order valence-corrected chi connectivity index (χ2v) is 11.3. The number of amides is 1. The van der Waals surface area contributed by atoms with Gasteiger partial charge in [0.25, 0.3) is 5.91 Å². The highest BCUT2D eigenvalue weighted by Crippen LogP contribution is 2.39. The molecule has 0 spiro atoms. The number of carbonyl (C=O) groups is 1. The van der Waals surface area contributed by atoms with Crippen LogP contribution in [0.3, 0.4) is 0 Å². The minimum Gasteiger partial charge on any atom is -0.457 e. The first kappa shape index (κ1) is 27.8. The van der Waals surface area contributed by atoms with E-state index in [4.69, 9.17) is 16.5 Å². The lowest BCUT2D eigenvalue weighted by atomic mass is 9.94. The number of ether oxygens (including phenoxy) is 1. The number of halogens is 4. The number of pyridine rings is 1. The average molecular weight is 570 g/mol. The maximum Gasteiger partial charge on any atom is 0.416 e. The van der Waals surface area contributed by atoms with E-state index < -0.39 is 32.2 Å². The fraction of sp³-hybridized carbons (Fsp3) is 0.280. The number of hydroxylamine groups is 1. The third-order valence-electron chi connectivity index (χ3n) is 6.40. The van der Waals surface area contributed by atoms with Gasteiger partial charge in [0.05, 0.1) is 16.2 Å². The lowest BCUT2D eigenvalue weighted by Crippen LogP contribution is -2.57. The lowest BCUT2D eigenvalue weighted by molar-refractivity contribution is -0.150. The van der Waals surface area contributed by atoms with Crippen molar-refractivity contribution in [3.63, 3.8) is 0 Å². The Morgan fingerprint density at radius 1 is 1.03 bits per heavy atom. The van der Waals surface area contributed by atoms with Crippen molar-refractivity contribution in [2.75, 3.05) is 13.1 Å². The van der Waals surface area contributed by atoms with Crippen LogP contribution in [0, 0.1) is 0 Å². The van der Waals surface area contributed by atoms with Gasteiger partial charge in [-0.3, -0.25) is 19.9 Å². The highest BCUT2D eigenvalue weighted by molar-refractivity contribution is 7.93. The number of rotatable bonds is 7. The van der Waals surface area contributed by atoms with Crippen LogP contribution in [0.5, 0.6) is 11.5 Å². The molecule has 0 unspecified atom stereocenters. The minimum atomic E-state index is -4.48. The largest absolute Gasteiger partial charge is 0.457 e. The first-order valence-electron chi connectivity index (χ1n) is 11.4. The van der Waals surface area contributed by atoms with E-state index in [0.717, 1.165) is 30.0 Å². The van der Waals surface area contributed by atoms with Gasteiger partial charge < -0.3 is 4.74 Å². The van der Waals surface area contributed by atoms with E-state index >= 15 is 0 Å². The van der Waals surface area contributed by atoms with Gasteiger partial charge in [-0.15, -0.1) is 4.58 Å². The monoisotopic (exact) mass is 569 g/mol. The predicted octanol–water partition coefficient (Wildman–Crippen LogP) is 5.07. The van der Waals surface area contributed by atoms with Crippen molar-refractivity contribution in [1.29, 1.82) is 0 Å². The fourth-order valence-electron chi connectivity index (χ4n) is 4.32. The average Bonchev–Trinajstić information content (AvgIpc) is 2.89. The molecule has 1 N–H and O–H groups in total. The van der Waals surface area contributed by atoms with Gasteiger partial charge in [-0.2, -0.15) is 13.2 Å². The molecule has 8 nitrogen and oxygen atoms in total. The third kappa shape index (κ3) is 5.78. The predicted molar refractivity (Wildman–Crippen MR) is 131 cm³/mol. The summed E-state index contributed by atoms with van der Waals surface area (Å²) < 4.78 is 69.0. The molecule has 1 fully saturated rings. The molecule has 0 aliphatic carbocycles. The molecule has 1 aromatic heterocycles. The smallest absolute Gasteiger partial charge is 0.416 e. The van der Waals surface area contributed by atoms with Crippen molar-refractivity contribution in [2.24, 2.45) is 0 Å². The topological polar surface area (TPSA) is 100 Å². The summed E-state index contributed by atoms with van der Waals surface area (Å²) in [6.45, 7) is 0.938. The van der Waals surface area contributed by atoms with Crippen molar-refractivity contribution >= 4 is 27.5 Å². The molecular weight excluding hydrogens is 547 g/mol. The van der Waals surface area contributed by atoms with Crippen LogP contribution in [0.15, 0.2) is 77.8 Å². The Balaban J connectivity index is 1.53. The van der Waals surface area contributed by atoms with Crippen LogP contribution in [0.4, 0.5) is 13.2 Å². The number of sulfone groups is 1. The van der Waals surface area contributed by atoms with E-state index in [0.29, 0.717) is 6.54 Å². The Morgan fingerprint density at radius 2 is 1.61 bits per heavy atom. The summed E-state index contributed by atoms with van der Waals surface area (Å²) >= 11 is 5.53. The molecule has 1 amide bonds. The number of benzene rings is 2. The summed E-state index contributed by atoms with van der Waals surface area (Å²) in [4.78, 5) is 19.0. The van der Waals surface area contributed by atoms with Crippen molar-refractivity contribution in [2.45, 2.75) is 35.2 Å². The van der Waals surface area contributed by atoms with Crippen molar-refractivity contribution < 1.29 is 36.3 Å². The van der Waals surface area contributed by atoms with Gasteiger partial charge in [0.15, 0.2) is 14.6 Å². The molecule has 4 rings (SSSR count). The molecule has 0 atom stereocenters. The number of carbonyl (C=O) groups excluding carboxylic acids is 1. The van der Waals surface area contributed by atoms with Crippen molar-refractivity contribution in [3.05, 3.63) is 84.2 Å². The quantitative estimate of drug-likeness (QED) is 0.241. The van der Waals surface area contributed by atoms with Gasteiger partial charge in [-0.05, 0) is 73.5 Å². The Morgan fingerprint density at radius 3 is 2.11 bits per heavy atom. The second kappa shape index (κ2) is 10.9. The second-order valence-electron chi connectivity index (χ2n) is 8.76. The summed E-state index contributed by atoms with van der Waals surface area (Å²) in [5.74, 6) is -0.851. The maximum absolute atomic E-state index is 13.7. The number of nitrogens with zero attached hydrogens (tertiary/aromatic N) is 3. The molecule has 0 saturated carbocycles. The fourth-order valence-corrected chi connectivity index (χ4v) is 6.51. The molecule has 38 heavy (non-hydrogen) atoms. The highest BCUT2D eigenvalue weighted by Gasteiger charge is 2.54. The minimum absolute atomic E-state index is 0.116. The molecule has 2 aromatic carbocycles. The summed E-state index contributed by atoms with van der Waals surface area (Å²) in [5.41, 5.74) is -0.0384. The van der Waals surface area contributed by atoms with Crippen LogP contribution in [0.25, 0.3) is 0 Å². The van der Waals surface area contributed by atoms with Crippen LogP contribution in [0.1, 0.15) is 24.1 Å². The maximum atomic E-state index is 13.7. The van der Waals surface area contributed by atoms with Crippen molar-refractivity contribution in [3.8, 4) is 11.5 Å². The molecule has 13 heteroatoms. The van der Waals surface area contributed by atoms with Gasteiger partial charge in [-0.1, -0.05) is 6.07 Å². The molecule has 1 aliphatic heterocycles. The third-order valence-corrected chi connectivity index (χ3v) is 9.06. The Hall–Kier alpha value is -3.19. The van der Waals surface area contributed by atoms with E-state index in [1.165, 1.54) is 24.3 Å². The van der Waals surface area contributed by atoms with E-state index in [1.807, 2.05) is 17.0 Å². The molecule has 202 valence electrons. The number of likely N-dealkylation sites (tertiary alicyclic amines) is 1. The first-order valence-corrected chi connectivity index (χ1v) is 13.3. The van der Waals surface area contributed by atoms with E-state index in [9.17, 15) is 31.6 Å². The standard InChI is InChI=1S/C25H23ClF3N3O5S/c26-32(34)23(33)24(12-15-31(16-13-24)17-19-3-1-2-14-30-19)38(35,36)22-10-8-21(9-11-22)37-20-6-4-18(5-7-20)25(27,28)29/h1-11,14,34H,12-13,15-17H2. The van der Waals surface area contributed by atoms with E-state index in [2.05, 4.69) is 4.98 Å².